The van der Waals surface area contributed by atoms with Crippen molar-refractivity contribution in [3.8, 4) is 22.5 Å². The molecule has 4 aromatic rings. The van der Waals surface area contributed by atoms with Gasteiger partial charge in [-0.05, 0) is 49.9 Å². The maximum atomic E-state index is 6.59. The van der Waals surface area contributed by atoms with E-state index in [-0.39, 0.29) is 6.23 Å². The quantitative estimate of drug-likeness (QED) is 0.142. The van der Waals surface area contributed by atoms with Gasteiger partial charge in [0.1, 0.15) is 28.6 Å². The summed E-state index contributed by atoms with van der Waals surface area (Å²) in [5.41, 5.74) is 6.23. The summed E-state index contributed by atoms with van der Waals surface area (Å²) in [5, 5.41) is 10.3. The molecule has 7 nitrogen and oxygen atoms in total. The SMILES string of the molecule is Cc1cc(-c2c3nc(Cl)cc(-c4ccccc4)c3nn2COCC[Si](C)(C)C)n(C2CCCCO2)n1. The van der Waals surface area contributed by atoms with Crippen molar-refractivity contribution in [2.75, 3.05) is 13.2 Å². The van der Waals surface area contributed by atoms with Gasteiger partial charge in [-0.2, -0.15) is 10.2 Å². The van der Waals surface area contributed by atoms with Crippen LogP contribution in [0.4, 0.5) is 0 Å². The minimum atomic E-state index is -1.21. The standard InChI is InChI=1S/C27H34ClN5O2Si/c1-19-16-22(33(30-19)24-12-8-9-13-35-24)27-26-25(31-32(27)18-34-14-15-36(2,3)4)21(17-23(28)29-26)20-10-6-5-7-11-20/h5-7,10-11,16-17,24H,8-9,12-15,18H2,1-4H3. The van der Waals surface area contributed by atoms with Gasteiger partial charge in [0, 0.05) is 26.9 Å². The highest BCUT2D eigenvalue weighted by Gasteiger charge is 2.27. The van der Waals surface area contributed by atoms with Gasteiger partial charge >= 0.3 is 0 Å². The van der Waals surface area contributed by atoms with Gasteiger partial charge in [-0.15, -0.1) is 0 Å². The van der Waals surface area contributed by atoms with Crippen molar-refractivity contribution in [1.82, 2.24) is 24.5 Å². The highest BCUT2D eigenvalue weighted by atomic mass is 35.5. The van der Waals surface area contributed by atoms with E-state index >= 15 is 0 Å². The first kappa shape index (κ1) is 25.1. The number of ether oxygens (including phenoxy) is 2. The molecule has 0 N–H and O–H groups in total. The van der Waals surface area contributed by atoms with E-state index in [0.29, 0.717) is 18.5 Å². The predicted molar refractivity (Wildman–Crippen MR) is 147 cm³/mol. The molecule has 1 unspecified atom stereocenters. The third-order valence-electron chi connectivity index (χ3n) is 6.49. The Morgan fingerprint density at radius 3 is 2.61 bits per heavy atom. The Labute approximate surface area is 218 Å². The van der Waals surface area contributed by atoms with Crippen LogP contribution in [0.1, 0.15) is 31.2 Å². The van der Waals surface area contributed by atoms with Crippen LogP contribution in [-0.4, -0.2) is 45.8 Å². The second kappa shape index (κ2) is 10.5. The van der Waals surface area contributed by atoms with Crippen LogP contribution >= 0.6 is 11.6 Å². The summed E-state index contributed by atoms with van der Waals surface area (Å²) < 4.78 is 16.2. The van der Waals surface area contributed by atoms with Crippen LogP contribution in [0, 0.1) is 6.92 Å². The molecule has 1 aromatic carbocycles. The zero-order valence-corrected chi connectivity index (χ0v) is 23.3. The van der Waals surface area contributed by atoms with Crippen molar-refractivity contribution >= 4 is 30.7 Å². The normalized spacial score (nSPS) is 16.6. The Kier molecular flexibility index (Phi) is 7.30. The number of rotatable bonds is 8. The Hall–Kier alpha value is -2.52. The summed E-state index contributed by atoms with van der Waals surface area (Å²) in [6.07, 6.45) is 3.01. The fraction of sp³-hybridized carbons (Fsp3) is 0.444. The Morgan fingerprint density at radius 2 is 1.89 bits per heavy atom. The summed E-state index contributed by atoms with van der Waals surface area (Å²) in [5.74, 6) is 0. The lowest BCUT2D eigenvalue weighted by Crippen LogP contribution is -2.22. The van der Waals surface area contributed by atoms with Gasteiger partial charge < -0.3 is 9.47 Å². The van der Waals surface area contributed by atoms with Gasteiger partial charge in [0.15, 0.2) is 6.23 Å². The number of benzene rings is 1. The van der Waals surface area contributed by atoms with Crippen molar-refractivity contribution in [2.45, 2.75) is 64.8 Å². The number of hydrogen-bond donors (Lipinski definition) is 0. The first-order valence-corrected chi connectivity index (χ1v) is 16.8. The molecule has 3 aromatic heterocycles. The molecule has 0 bridgehead atoms. The van der Waals surface area contributed by atoms with E-state index in [4.69, 9.17) is 36.3 Å². The Morgan fingerprint density at radius 1 is 1.08 bits per heavy atom. The predicted octanol–water partition coefficient (Wildman–Crippen LogP) is 6.94. The molecule has 0 amide bonds. The minimum Gasteiger partial charge on any atom is -0.360 e. The van der Waals surface area contributed by atoms with E-state index in [9.17, 15) is 0 Å². The Bertz CT molecular complexity index is 1340. The van der Waals surface area contributed by atoms with Gasteiger partial charge in [-0.1, -0.05) is 61.6 Å². The zero-order valence-electron chi connectivity index (χ0n) is 21.5. The highest BCUT2D eigenvalue weighted by Crippen LogP contribution is 2.37. The summed E-state index contributed by atoms with van der Waals surface area (Å²) in [6, 6.07) is 15.2. The van der Waals surface area contributed by atoms with E-state index < -0.39 is 8.07 Å². The van der Waals surface area contributed by atoms with Gasteiger partial charge in [0.05, 0.1) is 11.4 Å². The molecule has 1 atom stereocenters. The summed E-state index contributed by atoms with van der Waals surface area (Å²) in [6.45, 7) is 10.8. The highest BCUT2D eigenvalue weighted by molar-refractivity contribution is 6.76. The van der Waals surface area contributed by atoms with Crippen LogP contribution < -0.4 is 0 Å². The van der Waals surface area contributed by atoms with Crippen LogP contribution in [0.3, 0.4) is 0 Å². The molecule has 1 aliphatic rings. The molecule has 36 heavy (non-hydrogen) atoms. The van der Waals surface area contributed by atoms with Crippen molar-refractivity contribution in [3.05, 3.63) is 53.3 Å². The number of pyridine rings is 1. The van der Waals surface area contributed by atoms with Gasteiger partial charge in [0.2, 0.25) is 0 Å². The van der Waals surface area contributed by atoms with Gasteiger partial charge in [-0.3, -0.25) is 0 Å². The number of fused-ring (bicyclic) bond motifs is 1. The first-order valence-electron chi connectivity index (χ1n) is 12.7. The van der Waals surface area contributed by atoms with Crippen LogP contribution in [0.25, 0.3) is 33.5 Å². The molecule has 9 heteroatoms. The number of aryl methyl sites for hydroxylation is 1. The lowest BCUT2D eigenvalue weighted by Gasteiger charge is -2.24. The van der Waals surface area contributed by atoms with Crippen molar-refractivity contribution in [1.29, 1.82) is 0 Å². The molecule has 1 fully saturated rings. The fourth-order valence-electron chi connectivity index (χ4n) is 4.61. The number of aromatic nitrogens is 5. The molecular formula is C27H34ClN5O2Si. The lowest BCUT2D eigenvalue weighted by atomic mass is 10.0. The summed E-state index contributed by atoms with van der Waals surface area (Å²) in [7, 11) is -1.21. The first-order chi connectivity index (χ1) is 17.3. The van der Waals surface area contributed by atoms with Crippen LogP contribution in [0.5, 0.6) is 0 Å². The van der Waals surface area contributed by atoms with E-state index in [0.717, 1.165) is 71.2 Å². The van der Waals surface area contributed by atoms with E-state index in [1.807, 2.05) is 40.6 Å². The Balaban J connectivity index is 1.65. The van der Waals surface area contributed by atoms with Crippen molar-refractivity contribution < 1.29 is 9.47 Å². The molecule has 1 saturated heterocycles. The van der Waals surface area contributed by atoms with Gasteiger partial charge in [-0.25, -0.2) is 14.3 Å². The molecule has 0 saturated carbocycles. The van der Waals surface area contributed by atoms with E-state index in [2.05, 4.69) is 37.8 Å². The van der Waals surface area contributed by atoms with Gasteiger partial charge in [0.25, 0.3) is 0 Å². The minimum absolute atomic E-state index is 0.110. The average Bonchev–Trinajstić information content (AvgIpc) is 3.41. The van der Waals surface area contributed by atoms with Crippen LogP contribution in [-0.2, 0) is 16.2 Å². The largest absolute Gasteiger partial charge is 0.360 e. The van der Waals surface area contributed by atoms with Crippen molar-refractivity contribution in [3.63, 3.8) is 0 Å². The molecular weight excluding hydrogens is 490 g/mol. The maximum Gasteiger partial charge on any atom is 0.150 e. The lowest BCUT2D eigenvalue weighted by molar-refractivity contribution is -0.0386. The summed E-state index contributed by atoms with van der Waals surface area (Å²) >= 11 is 6.59. The second-order valence-corrected chi connectivity index (χ2v) is 16.7. The molecule has 0 spiro atoms. The molecule has 4 heterocycles. The number of hydrogen-bond acceptors (Lipinski definition) is 5. The van der Waals surface area contributed by atoms with Crippen LogP contribution in [0.15, 0.2) is 42.5 Å². The molecule has 190 valence electrons. The van der Waals surface area contributed by atoms with E-state index in [1.165, 1.54) is 0 Å². The molecule has 0 radical (unpaired) electrons. The molecule has 5 rings (SSSR count). The fourth-order valence-corrected chi connectivity index (χ4v) is 5.56. The smallest absolute Gasteiger partial charge is 0.150 e. The average molecular weight is 524 g/mol. The van der Waals surface area contributed by atoms with E-state index in [1.54, 1.807) is 0 Å². The third kappa shape index (κ3) is 5.42. The maximum absolute atomic E-state index is 6.59. The van der Waals surface area contributed by atoms with Crippen LogP contribution in [0.2, 0.25) is 30.8 Å². The monoisotopic (exact) mass is 523 g/mol. The summed E-state index contributed by atoms with van der Waals surface area (Å²) in [4.78, 5) is 4.77. The second-order valence-electron chi connectivity index (χ2n) is 10.7. The topological polar surface area (TPSA) is 67.0 Å². The molecule has 0 aliphatic carbocycles. The van der Waals surface area contributed by atoms with Crippen molar-refractivity contribution in [2.24, 2.45) is 0 Å². The zero-order chi connectivity index (χ0) is 25.3. The number of nitrogens with zero attached hydrogens (tertiary/aromatic N) is 5. The third-order valence-corrected chi connectivity index (χ3v) is 8.39. The number of halogens is 1. The molecule has 1 aliphatic heterocycles.